The maximum absolute atomic E-state index is 5.71. The lowest BCUT2D eigenvalue weighted by molar-refractivity contribution is 0.256. The van der Waals surface area contributed by atoms with E-state index in [1.54, 1.807) is 0 Å². The molecule has 1 heteroatoms. The van der Waals surface area contributed by atoms with Crippen LogP contribution < -0.4 is 5.73 Å². The minimum absolute atomic E-state index is 0.891. The molecule has 0 heterocycles. The van der Waals surface area contributed by atoms with Crippen molar-refractivity contribution in [1.82, 2.24) is 0 Å². The van der Waals surface area contributed by atoms with Crippen molar-refractivity contribution in [2.24, 2.45) is 29.4 Å². The highest BCUT2D eigenvalue weighted by Gasteiger charge is 2.43. The molecule has 2 bridgehead atoms. The van der Waals surface area contributed by atoms with Crippen molar-refractivity contribution in [3.05, 3.63) is 0 Å². The third-order valence-corrected chi connectivity index (χ3v) is 3.98. The van der Waals surface area contributed by atoms with Gasteiger partial charge in [0.05, 0.1) is 0 Å². The van der Waals surface area contributed by atoms with Gasteiger partial charge < -0.3 is 5.73 Å². The first-order valence-electron chi connectivity index (χ1n) is 5.05. The van der Waals surface area contributed by atoms with Crippen molar-refractivity contribution in [2.45, 2.75) is 32.6 Å². The van der Waals surface area contributed by atoms with Crippen molar-refractivity contribution >= 4 is 0 Å². The van der Waals surface area contributed by atoms with Gasteiger partial charge in [0.15, 0.2) is 0 Å². The summed E-state index contributed by atoms with van der Waals surface area (Å²) < 4.78 is 0. The van der Waals surface area contributed by atoms with Crippen molar-refractivity contribution < 1.29 is 0 Å². The minimum Gasteiger partial charge on any atom is -0.330 e. The normalized spacial score (nSPS) is 48.5. The van der Waals surface area contributed by atoms with Crippen LogP contribution in [0.15, 0.2) is 0 Å². The Bertz CT molecular complexity index is 128. The zero-order valence-electron chi connectivity index (χ0n) is 7.42. The molecule has 4 unspecified atom stereocenters. The van der Waals surface area contributed by atoms with E-state index < -0.39 is 0 Å². The van der Waals surface area contributed by atoms with Crippen LogP contribution >= 0.6 is 0 Å². The van der Waals surface area contributed by atoms with Crippen LogP contribution in [0.4, 0.5) is 0 Å². The maximum Gasteiger partial charge on any atom is -0.00461 e. The molecule has 2 rings (SSSR count). The number of nitrogens with two attached hydrogens (primary N) is 1. The van der Waals surface area contributed by atoms with Crippen molar-refractivity contribution in [2.75, 3.05) is 6.54 Å². The van der Waals surface area contributed by atoms with Crippen LogP contribution in [-0.4, -0.2) is 6.54 Å². The van der Waals surface area contributed by atoms with Crippen molar-refractivity contribution in [1.29, 1.82) is 0 Å². The third-order valence-electron chi connectivity index (χ3n) is 3.98. The van der Waals surface area contributed by atoms with Gasteiger partial charge in [0.2, 0.25) is 0 Å². The Morgan fingerprint density at radius 3 is 2.18 bits per heavy atom. The van der Waals surface area contributed by atoms with Gasteiger partial charge in [-0.05, 0) is 49.5 Å². The summed E-state index contributed by atoms with van der Waals surface area (Å²) in [5.41, 5.74) is 5.71. The van der Waals surface area contributed by atoms with Gasteiger partial charge in [-0.25, -0.2) is 0 Å². The summed E-state index contributed by atoms with van der Waals surface area (Å²) in [6, 6.07) is 0. The second kappa shape index (κ2) is 2.78. The smallest absolute Gasteiger partial charge is 0.00461 e. The summed E-state index contributed by atoms with van der Waals surface area (Å²) in [4.78, 5) is 0. The van der Waals surface area contributed by atoms with E-state index in [0.29, 0.717) is 0 Å². The van der Waals surface area contributed by atoms with Gasteiger partial charge in [0, 0.05) is 0 Å². The SMILES string of the molecule is CCC1CC2CC1CC2CN. The molecule has 11 heavy (non-hydrogen) atoms. The van der Waals surface area contributed by atoms with E-state index in [4.69, 9.17) is 5.73 Å². The zero-order valence-corrected chi connectivity index (χ0v) is 7.42. The number of hydrogen-bond donors (Lipinski definition) is 1. The Kier molecular flexibility index (Phi) is 1.92. The molecule has 0 aliphatic heterocycles. The van der Waals surface area contributed by atoms with Crippen LogP contribution in [0.1, 0.15) is 32.6 Å². The molecule has 0 aromatic heterocycles. The molecular formula is C10H19N. The second-order valence-corrected chi connectivity index (χ2v) is 4.39. The van der Waals surface area contributed by atoms with Crippen molar-refractivity contribution in [3.63, 3.8) is 0 Å². The highest BCUT2D eigenvalue weighted by molar-refractivity contribution is 4.94. The van der Waals surface area contributed by atoms with Crippen molar-refractivity contribution in [3.8, 4) is 0 Å². The molecule has 0 saturated heterocycles. The Morgan fingerprint density at radius 2 is 1.73 bits per heavy atom. The van der Waals surface area contributed by atoms with Gasteiger partial charge in [0.1, 0.15) is 0 Å². The van der Waals surface area contributed by atoms with Gasteiger partial charge >= 0.3 is 0 Å². The molecule has 64 valence electrons. The summed E-state index contributed by atoms with van der Waals surface area (Å²) in [6.07, 6.45) is 5.83. The molecule has 0 aromatic carbocycles. The first kappa shape index (κ1) is 7.60. The van der Waals surface area contributed by atoms with E-state index >= 15 is 0 Å². The quantitative estimate of drug-likeness (QED) is 0.645. The predicted octanol–water partition coefficient (Wildman–Crippen LogP) is 2.02. The van der Waals surface area contributed by atoms with Crippen LogP contribution in [0.5, 0.6) is 0 Å². The third kappa shape index (κ3) is 1.10. The Morgan fingerprint density at radius 1 is 1.09 bits per heavy atom. The summed E-state index contributed by atoms with van der Waals surface area (Å²) in [6.45, 7) is 3.28. The largest absolute Gasteiger partial charge is 0.330 e. The highest BCUT2D eigenvalue weighted by Crippen LogP contribution is 2.52. The molecule has 2 N–H and O–H groups in total. The van der Waals surface area contributed by atoms with E-state index in [1.165, 1.54) is 25.7 Å². The monoisotopic (exact) mass is 153 g/mol. The second-order valence-electron chi connectivity index (χ2n) is 4.39. The van der Waals surface area contributed by atoms with Crippen LogP contribution in [0.25, 0.3) is 0 Å². The minimum atomic E-state index is 0.891. The molecule has 2 aliphatic rings. The molecule has 0 amide bonds. The number of rotatable bonds is 2. The van der Waals surface area contributed by atoms with E-state index in [-0.39, 0.29) is 0 Å². The lowest BCUT2D eigenvalue weighted by Crippen LogP contribution is -2.23. The predicted molar refractivity (Wildman–Crippen MR) is 47.2 cm³/mol. The van der Waals surface area contributed by atoms with Crippen LogP contribution in [0, 0.1) is 23.7 Å². The fraction of sp³-hybridized carbons (Fsp3) is 1.00. The van der Waals surface area contributed by atoms with Gasteiger partial charge in [0.25, 0.3) is 0 Å². The highest BCUT2D eigenvalue weighted by atomic mass is 14.6. The fourth-order valence-corrected chi connectivity index (χ4v) is 3.30. The van der Waals surface area contributed by atoms with E-state index in [9.17, 15) is 0 Å². The average molecular weight is 153 g/mol. The molecule has 0 spiro atoms. The van der Waals surface area contributed by atoms with Gasteiger partial charge in [-0.3, -0.25) is 0 Å². The standard InChI is InChI=1S/C10H19N/c1-2-7-3-9-4-8(7)5-10(9)6-11/h7-10H,2-6,11H2,1H3. The number of hydrogen-bond acceptors (Lipinski definition) is 1. The van der Waals surface area contributed by atoms with Crippen LogP contribution in [0.2, 0.25) is 0 Å². The first-order valence-corrected chi connectivity index (χ1v) is 5.05. The molecule has 1 nitrogen and oxygen atoms in total. The molecule has 0 aromatic rings. The van der Waals surface area contributed by atoms with Gasteiger partial charge in [-0.2, -0.15) is 0 Å². The Labute approximate surface area is 69.4 Å². The van der Waals surface area contributed by atoms with E-state index in [0.717, 1.165) is 30.2 Å². The summed E-state index contributed by atoms with van der Waals surface area (Å²) >= 11 is 0. The molecule has 2 fully saturated rings. The molecular weight excluding hydrogens is 134 g/mol. The fourth-order valence-electron chi connectivity index (χ4n) is 3.30. The maximum atomic E-state index is 5.71. The summed E-state index contributed by atoms with van der Waals surface area (Å²) in [5.74, 6) is 4.01. The first-order chi connectivity index (χ1) is 5.35. The number of fused-ring (bicyclic) bond motifs is 2. The summed E-state index contributed by atoms with van der Waals surface area (Å²) in [7, 11) is 0. The Balaban J connectivity index is 1.97. The van der Waals surface area contributed by atoms with E-state index in [1.807, 2.05) is 0 Å². The molecule has 2 aliphatic carbocycles. The lowest BCUT2D eigenvalue weighted by Gasteiger charge is -2.25. The Hall–Kier alpha value is -0.0400. The van der Waals surface area contributed by atoms with Crippen LogP contribution in [-0.2, 0) is 0 Å². The topological polar surface area (TPSA) is 26.0 Å². The van der Waals surface area contributed by atoms with Gasteiger partial charge in [-0.1, -0.05) is 13.3 Å². The average Bonchev–Trinajstić information content (AvgIpc) is 2.60. The molecule has 2 saturated carbocycles. The van der Waals surface area contributed by atoms with E-state index in [2.05, 4.69) is 6.92 Å². The molecule has 0 radical (unpaired) electrons. The zero-order chi connectivity index (χ0) is 7.84. The van der Waals surface area contributed by atoms with Crippen LogP contribution in [0.3, 0.4) is 0 Å². The lowest BCUT2D eigenvalue weighted by atomic mass is 9.81. The summed E-state index contributed by atoms with van der Waals surface area (Å²) in [5, 5.41) is 0. The molecule has 4 atom stereocenters. The van der Waals surface area contributed by atoms with Gasteiger partial charge in [-0.15, -0.1) is 0 Å².